The van der Waals surface area contributed by atoms with Crippen molar-refractivity contribution in [2.24, 2.45) is 0 Å². The first-order chi connectivity index (χ1) is 8.20. The molecule has 0 spiro atoms. The van der Waals surface area contributed by atoms with Crippen molar-refractivity contribution in [3.05, 3.63) is 48.0 Å². The van der Waals surface area contributed by atoms with Gasteiger partial charge in [0.1, 0.15) is 5.75 Å². The average molecular weight is 245 g/mol. The Morgan fingerprint density at radius 2 is 1.88 bits per heavy atom. The highest BCUT2D eigenvalue weighted by Gasteiger charge is 2.04. The number of hydrogen-bond acceptors (Lipinski definition) is 3. The smallest absolute Gasteiger partial charge is 0.132 e. The van der Waals surface area contributed by atoms with E-state index in [1.165, 1.54) is 0 Å². The lowest BCUT2D eigenvalue weighted by Crippen LogP contribution is -1.89. The molecule has 2 rings (SSSR count). The molecule has 0 amide bonds. The lowest BCUT2D eigenvalue weighted by molar-refractivity contribution is 0.405. The number of benzene rings is 2. The second-order valence-electron chi connectivity index (χ2n) is 3.77. The molecule has 0 aliphatic heterocycles. The Balaban J connectivity index is 2.28. The first-order valence-electron chi connectivity index (χ1n) is 5.37. The number of anilines is 1. The van der Waals surface area contributed by atoms with Crippen LogP contribution in [0.4, 0.5) is 5.69 Å². The molecule has 3 heteroatoms. The zero-order valence-electron chi connectivity index (χ0n) is 9.94. The molecule has 0 heterocycles. The summed E-state index contributed by atoms with van der Waals surface area (Å²) in [6.07, 6.45) is 0. The van der Waals surface area contributed by atoms with E-state index in [9.17, 15) is 0 Å². The van der Waals surface area contributed by atoms with E-state index in [2.05, 4.69) is 6.07 Å². The van der Waals surface area contributed by atoms with E-state index in [1.54, 1.807) is 18.9 Å². The van der Waals surface area contributed by atoms with Gasteiger partial charge in [0.15, 0.2) is 0 Å². The number of aryl methyl sites for hydroxylation is 1. The monoisotopic (exact) mass is 245 g/mol. The zero-order valence-corrected chi connectivity index (χ0v) is 10.8. The average Bonchev–Trinajstić information content (AvgIpc) is 2.34. The van der Waals surface area contributed by atoms with Gasteiger partial charge in [-0.1, -0.05) is 30.0 Å². The van der Waals surface area contributed by atoms with Crippen LogP contribution in [0.1, 0.15) is 5.56 Å². The summed E-state index contributed by atoms with van der Waals surface area (Å²) in [6, 6.07) is 14.1. The second-order valence-corrected chi connectivity index (χ2v) is 4.89. The molecule has 0 unspecified atom stereocenters. The molecular weight excluding hydrogens is 230 g/mol. The molecule has 0 bridgehead atoms. The standard InChI is InChI=1S/C14H15NOS/c1-10-7-8-11(9-12(10)15)17-14-6-4-3-5-13(14)16-2/h3-9H,15H2,1-2H3. The van der Waals surface area contributed by atoms with Crippen LogP contribution in [0.2, 0.25) is 0 Å². The van der Waals surface area contributed by atoms with Gasteiger partial charge in [-0.05, 0) is 36.8 Å². The number of nitrogens with two attached hydrogens (primary N) is 1. The highest BCUT2D eigenvalue weighted by Crippen LogP contribution is 2.35. The Kier molecular flexibility index (Phi) is 3.59. The molecule has 0 fully saturated rings. The molecular formula is C14H15NOS. The van der Waals surface area contributed by atoms with Crippen molar-refractivity contribution in [2.45, 2.75) is 16.7 Å². The van der Waals surface area contributed by atoms with E-state index in [4.69, 9.17) is 10.5 Å². The summed E-state index contributed by atoms with van der Waals surface area (Å²) in [5, 5.41) is 0. The highest BCUT2D eigenvalue weighted by atomic mass is 32.2. The van der Waals surface area contributed by atoms with Crippen LogP contribution in [0.5, 0.6) is 5.75 Å². The molecule has 2 aromatic rings. The Hall–Kier alpha value is -1.61. The first kappa shape index (κ1) is 11.9. The van der Waals surface area contributed by atoms with Gasteiger partial charge in [0.25, 0.3) is 0 Å². The summed E-state index contributed by atoms with van der Waals surface area (Å²) in [5.74, 6) is 0.886. The predicted molar refractivity (Wildman–Crippen MR) is 72.7 cm³/mol. The number of nitrogen functional groups attached to an aromatic ring is 1. The second kappa shape index (κ2) is 5.15. The van der Waals surface area contributed by atoms with Crippen LogP contribution in [0, 0.1) is 6.92 Å². The number of rotatable bonds is 3. The minimum Gasteiger partial charge on any atom is -0.496 e. The lowest BCUT2D eigenvalue weighted by Gasteiger charge is -2.08. The van der Waals surface area contributed by atoms with Crippen molar-refractivity contribution in [1.29, 1.82) is 0 Å². The molecule has 2 nitrogen and oxygen atoms in total. The van der Waals surface area contributed by atoms with Crippen molar-refractivity contribution in [3.8, 4) is 5.75 Å². The minimum absolute atomic E-state index is 0.824. The fraction of sp³-hybridized carbons (Fsp3) is 0.143. The van der Waals surface area contributed by atoms with Crippen LogP contribution in [-0.4, -0.2) is 7.11 Å². The molecule has 0 saturated heterocycles. The molecule has 0 atom stereocenters. The van der Waals surface area contributed by atoms with Gasteiger partial charge < -0.3 is 10.5 Å². The van der Waals surface area contributed by atoms with E-state index < -0.39 is 0 Å². The van der Waals surface area contributed by atoms with E-state index in [-0.39, 0.29) is 0 Å². The molecule has 88 valence electrons. The van der Waals surface area contributed by atoms with E-state index >= 15 is 0 Å². The van der Waals surface area contributed by atoms with E-state index in [1.807, 2.05) is 43.3 Å². The van der Waals surface area contributed by atoms with Gasteiger partial charge in [0, 0.05) is 10.6 Å². The van der Waals surface area contributed by atoms with Crippen molar-refractivity contribution >= 4 is 17.4 Å². The molecule has 0 aromatic heterocycles. The van der Waals surface area contributed by atoms with Crippen molar-refractivity contribution < 1.29 is 4.74 Å². The third kappa shape index (κ3) is 2.74. The zero-order chi connectivity index (χ0) is 12.3. The first-order valence-corrected chi connectivity index (χ1v) is 6.19. The van der Waals surface area contributed by atoms with Crippen LogP contribution in [0.25, 0.3) is 0 Å². The Labute approximate surface area is 106 Å². The Bertz CT molecular complexity index is 525. The molecule has 0 aliphatic carbocycles. The fourth-order valence-electron chi connectivity index (χ4n) is 1.51. The highest BCUT2D eigenvalue weighted by molar-refractivity contribution is 7.99. The lowest BCUT2D eigenvalue weighted by atomic mass is 10.2. The molecule has 0 aliphatic rings. The SMILES string of the molecule is COc1ccccc1Sc1ccc(C)c(N)c1. The topological polar surface area (TPSA) is 35.2 Å². The molecule has 0 saturated carbocycles. The van der Waals surface area contributed by atoms with Crippen LogP contribution < -0.4 is 10.5 Å². The van der Waals surface area contributed by atoms with Crippen LogP contribution in [-0.2, 0) is 0 Å². The van der Waals surface area contributed by atoms with Gasteiger partial charge in [0.2, 0.25) is 0 Å². The number of para-hydroxylation sites is 1. The van der Waals surface area contributed by atoms with Crippen LogP contribution in [0.3, 0.4) is 0 Å². The summed E-state index contributed by atoms with van der Waals surface area (Å²) in [7, 11) is 1.68. The summed E-state index contributed by atoms with van der Waals surface area (Å²) in [5.41, 5.74) is 7.83. The van der Waals surface area contributed by atoms with E-state index in [0.29, 0.717) is 0 Å². The Morgan fingerprint density at radius 1 is 1.12 bits per heavy atom. The maximum atomic E-state index is 5.90. The minimum atomic E-state index is 0.824. The number of hydrogen-bond donors (Lipinski definition) is 1. The molecule has 2 aromatic carbocycles. The maximum Gasteiger partial charge on any atom is 0.132 e. The maximum absolute atomic E-state index is 5.90. The van der Waals surface area contributed by atoms with Gasteiger partial charge in [-0.15, -0.1) is 0 Å². The third-order valence-electron chi connectivity index (χ3n) is 2.55. The number of methoxy groups -OCH3 is 1. The van der Waals surface area contributed by atoms with Gasteiger partial charge in [-0.25, -0.2) is 0 Å². The van der Waals surface area contributed by atoms with Crippen molar-refractivity contribution in [1.82, 2.24) is 0 Å². The predicted octanol–water partition coefficient (Wildman–Crippen LogP) is 3.74. The summed E-state index contributed by atoms with van der Waals surface area (Å²) in [6.45, 7) is 2.01. The largest absolute Gasteiger partial charge is 0.496 e. The summed E-state index contributed by atoms with van der Waals surface area (Å²) < 4.78 is 5.32. The van der Waals surface area contributed by atoms with Gasteiger partial charge in [-0.3, -0.25) is 0 Å². The fourth-order valence-corrected chi connectivity index (χ4v) is 2.49. The van der Waals surface area contributed by atoms with Crippen molar-refractivity contribution in [3.63, 3.8) is 0 Å². The van der Waals surface area contributed by atoms with Gasteiger partial charge in [-0.2, -0.15) is 0 Å². The Morgan fingerprint density at radius 3 is 2.59 bits per heavy atom. The third-order valence-corrected chi connectivity index (χ3v) is 3.59. The normalized spacial score (nSPS) is 10.2. The summed E-state index contributed by atoms with van der Waals surface area (Å²) in [4.78, 5) is 2.22. The molecule has 0 radical (unpaired) electrons. The van der Waals surface area contributed by atoms with Crippen LogP contribution in [0.15, 0.2) is 52.3 Å². The summed E-state index contributed by atoms with van der Waals surface area (Å²) >= 11 is 1.66. The van der Waals surface area contributed by atoms with E-state index in [0.717, 1.165) is 26.8 Å². The molecule has 2 N–H and O–H groups in total. The van der Waals surface area contributed by atoms with Gasteiger partial charge in [0.05, 0.1) is 12.0 Å². The van der Waals surface area contributed by atoms with Crippen molar-refractivity contribution in [2.75, 3.05) is 12.8 Å². The number of ether oxygens (including phenoxy) is 1. The quantitative estimate of drug-likeness (QED) is 0.837. The van der Waals surface area contributed by atoms with Gasteiger partial charge >= 0.3 is 0 Å². The molecule has 17 heavy (non-hydrogen) atoms. The van der Waals surface area contributed by atoms with Crippen LogP contribution >= 0.6 is 11.8 Å².